The molecule has 1 amide bonds. The van der Waals surface area contributed by atoms with Crippen LogP contribution in [-0.2, 0) is 16.1 Å². The molecule has 2 rings (SSSR count). The summed E-state index contributed by atoms with van der Waals surface area (Å²) in [7, 11) is 4.57. The predicted octanol–water partition coefficient (Wildman–Crippen LogP) is 2.57. The topological polar surface area (TPSA) is 83.1 Å². The Morgan fingerprint density at radius 2 is 1.59 bits per heavy atom. The largest absolute Gasteiger partial charge is 0.497 e. The van der Waals surface area contributed by atoms with Gasteiger partial charge in [0.05, 0.1) is 26.9 Å². The molecule has 0 bridgehead atoms. The molecule has 0 fully saturated rings. The van der Waals surface area contributed by atoms with E-state index in [4.69, 9.17) is 18.9 Å². The van der Waals surface area contributed by atoms with Crippen LogP contribution in [0.25, 0.3) is 0 Å². The molecule has 7 heteroatoms. The molecule has 0 aliphatic rings. The molecule has 27 heavy (non-hydrogen) atoms. The van der Waals surface area contributed by atoms with E-state index in [0.29, 0.717) is 18.0 Å². The summed E-state index contributed by atoms with van der Waals surface area (Å²) in [6.07, 6.45) is -0.941. The van der Waals surface area contributed by atoms with Gasteiger partial charge in [-0.2, -0.15) is 0 Å². The molecule has 1 atom stereocenters. The summed E-state index contributed by atoms with van der Waals surface area (Å²) >= 11 is 0. The molecule has 144 valence electrons. The van der Waals surface area contributed by atoms with Gasteiger partial charge in [-0.3, -0.25) is 4.79 Å². The maximum atomic E-state index is 12.3. The highest BCUT2D eigenvalue weighted by molar-refractivity contribution is 5.92. The first-order valence-corrected chi connectivity index (χ1v) is 8.32. The Bertz CT molecular complexity index is 788. The van der Waals surface area contributed by atoms with Crippen molar-refractivity contribution in [3.8, 4) is 17.2 Å². The minimum absolute atomic E-state index is 0.266. The van der Waals surface area contributed by atoms with Gasteiger partial charge in [0.25, 0.3) is 5.91 Å². The van der Waals surface area contributed by atoms with Crippen molar-refractivity contribution < 1.29 is 28.5 Å². The zero-order chi connectivity index (χ0) is 19.8. The maximum Gasteiger partial charge on any atom is 0.339 e. The molecule has 2 aromatic rings. The van der Waals surface area contributed by atoms with E-state index in [2.05, 4.69) is 5.32 Å². The lowest BCUT2D eigenvalue weighted by Gasteiger charge is -2.14. The Morgan fingerprint density at radius 3 is 2.19 bits per heavy atom. The number of carbonyl (C=O) groups excluding carboxylic acids is 2. The lowest BCUT2D eigenvalue weighted by molar-refractivity contribution is -0.129. The lowest BCUT2D eigenvalue weighted by atomic mass is 10.2. The average molecular weight is 373 g/mol. The predicted molar refractivity (Wildman–Crippen MR) is 99.3 cm³/mol. The molecule has 0 saturated carbocycles. The second kappa shape index (κ2) is 9.47. The van der Waals surface area contributed by atoms with Gasteiger partial charge in [0.2, 0.25) is 0 Å². The van der Waals surface area contributed by atoms with Gasteiger partial charge in [0.1, 0.15) is 5.75 Å². The van der Waals surface area contributed by atoms with Crippen LogP contribution in [0.3, 0.4) is 0 Å². The number of hydrogen-bond donors (Lipinski definition) is 1. The SMILES string of the molecule is COc1ccc(CNC(=O)[C@H](C)OC(=O)c2ccc(OC)c(OC)c2)cc1. The van der Waals surface area contributed by atoms with E-state index in [1.807, 2.05) is 24.3 Å². The first-order valence-electron chi connectivity index (χ1n) is 8.32. The van der Waals surface area contributed by atoms with Crippen LogP contribution < -0.4 is 19.5 Å². The standard InChI is InChI=1S/C20H23NO6/c1-13(19(22)21-12-14-5-8-16(24-2)9-6-14)27-20(23)15-7-10-17(25-3)18(11-15)26-4/h5-11,13H,12H2,1-4H3,(H,21,22)/t13-/m0/s1. The number of amides is 1. The number of rotatable bonds is 8. The van der Waals surface area contributed by atoms with Gasteiger partial charge in [-0.1, -0.05) is 12.1 Å². The molecule has 7 nitrogen and oxygen atoms in total. The van der Waals surface area contributed by atoms with Crippen LogP contribution >= 0.6 is 0 Å². The molecule has 2 aromatic carbocycles. The van der Waals surface area contributed by atoms with E-state index >= 15 is 0 Å². The van der Waals surface area contributed by atoms with Gasteiger partial charge in [-0.25, -0.2) is 4.79 Å². The number of benzene rings is 2. The van der Waals surface area contributed by atoms with Crippen molar-refractivity contribution in [2.75, 3.05) is 21.3 Å². The van der Waals surface area contributed by atoms with Gasteiger partial charge in [0, 0.05) is 6.54 Å². The highest BCUT2D eigenvalue weighted by Gasteiger charge is 2.20. The number of hydrogen-bond acceptors (Lipinski definition) is 6. The monoisotopic (exact) mass is 373 g/mol. The van der Waals surface area contributed by atoms with E-state index in [-0.39, 0.29) is 11.5 Å². The lowest BCUT2D eigenvalue weighted by Crippen LogP contribution is -2.35. The van der Waals surface area contributed by atoms with Crippen LogP contribution in [0.15, 0.2) is 42.5 Å². The van der Waals surface area contributed by atoms with Crippen molar-refractivity contribution in [3.63, 3.8) is 0 Å². The quantitative estimate of drug-likeness (QED) is 0.716. The Hall–Kier alpha value is -3.22. The molecule has 0 aliphatic carbocycles. The highest BCUT2D eigenvalue weighted by atomic mass is 16.5. The Balaban J connectivity index is 1.91. The Morgan fingerprint density at radius 1 is 0.926 bits per heavy atom. The fourth-order valence-electron chi connectivity index (χ4n) is 2.32. The molecule has 0 saturated heterocycles. The van der Waals surface area contributed by atoms with Crippen LogP contribution in [0, 0.1) is 0 Å². The second-order valence-electron chi connectivity index (χ2n) is 5.68. The summed E-state index contributed by atoms with van der Waals surface area (Å²) in [5, 5.41) is 2.73. The van der Waals surface area contributed by atoms with E-state index in [1.54, 1.807) is 19.2 Å². The fourth-order valence-corrected chi connectivity index (χ4v) is 2.32. The van der Waals surface area contributed by atoms with Crippen molar-refractivity contribution in [1.29, 1.82) is 0 Å². The molecule has 0 radical (unpaired) electrons. The van der Waals surface area contributed by atoms with E-state index in [9.17, 15) is 9.59 Å². The maximum absolute atomic E-state index is 12.3. The molecule has 0 aliphatic heterocycles. The van der Waals surface area contributed by atoms with Gasteiger partial charge in [-0.05, 0) is 42.8 Å². The Labute approximate surface area is 158 Å². The zero-order valence-corrected chi connectivity index (χ0v) is 15.8. The smallest absolute Gasteiger partial charge is 0.339 e. The van der Waals surface area contributed by atoms with Crippen LogP contribution in [-0.4, -0.2) is 39.3 Å². The third-order valence-electron chi connectivity index (χ3n) is 3.90. The third kappa shape index (κ3) is 5.37. The number of ether oxygens (including phenoxy) is 4. The van der Waals surface area contributed by atoms with Crippen LogP contribution in [0.1, 0.15) is 22.8 Å². The molecule has 0 unspecified atom stereocenters. The summed E-state index contributed by atoms with van der Waals surface area (Å²) in [6, 6.07) is 12.0. The minimum atomic E-state index is -0.941. The van der Waals surface area contributed by atoms with Crippen molar-refractivity contribution in [2.24, 2.45) is 0 Å². The molecule has 0 spiro atoms. The van der Waals surface area contributed by atoms with Crippen LogP contribution in [0.2, 0.25) is 0 Å². The van der Waals surface area contributed by atoms with Crippen molar-refractivity contribution in [2.45, 2.75) is 19.6 Å². The fraction of sp³-hybridized carbons (Fsp3) is 0.300. The van der Waals surface area contributed by atoms with Gasteiger partial charge in [0.15, 0.2) is 17.6 Å². The van der Waals surface area contributed by atoms with Gasteiger partial charge in [-0.15, -0.1) is 0 Å². The third-order valence-corrected chi connectivity index (χ3v) is 3.90. The summed E-state index contributed by atoms with van der Waals surface area (Å²) < 4.78 is 20.6. The number of esters is 1. The summed E-state index contributed by atoms with van der Waals surface area (Å²) in [6.45, 7) is 1.84. The van der Waals surface area contributed by atoms with Gasteiger partial charge < -0.3 is 24.3 Å². The minimum Gasteiger partial charge on any atom is -0.497 e. The number of methoxy groups -OCH3 is 3. The van der Waals surface area contributed by atoms with Crippen LogP contribution in [0.5, 0.6) is 17.2 Å². The Kier molecular flexibility index (Phi) is 7.05. The summed E-state index contributed by atoms with van der Waals surface area (Å²) in [5.41, 5.74) is 1.17. The number of nitrogens with one attached hydrogen (secondary N) is 1. The molecule has 0 heterocycles. The first kappa shape index (κ1) is 20.1. The second-order valence-corrected chi connectivity index (χ2v) is 5.68. The first-order chi connectivity index (χ1) is 13.0. The van der Waals surface area contributed by atoms with Gasteiger partial charge >= 0.3 is 5.97 Å². The summed E-state index contributed by atoms with van der Waals surface area (Å²) in [4.78, 5) is 24.4. The molecule has 0 aromatic heterocycles. The summed E-state index contributed by atoms with van der Waals surface area (Å²) in [5.74, 6) is 0.632. The molecular weight excluding hydrogens is 350 g/mol. The van der Waals surface area contributed by atoms with Crippen molar-refractivity contribution >= 4 is 11.9 Å². The van der Waals surface area contributed by atoms with E-state index in [0.717, 1.165) is 11.3 Å². The normalized spacial score (nSPS) is 11.3. The van der Waals surface area contributed by atoms with Crippen molar-refractivity contribution in [1.82, 2.24) is 5.32 Å². The van der Waals surface area contributed by atoms with Crippen molar-refractivity contribution in [3.05, 3.63) is 53.6 Å². The average Bonchev–Trinajstić information content (AvgIpc) is 2.71. The van der Waals surface area contributed by atoms with E-state index < -0.39 is 12.1 Å². The molecular formula is C20H23NO6. The van der Waals surface area contributed by atoms with Crippen LogP contribution in [0.4, 0.5) is 0 Å². The number of carbonyl (C=O) groups is 2. The van der Waals surface area contributed by atoms with E-state index in [1.165, 1.54) is 27.2 Å². The highest BCUT2D eigenvalue weighted by Crippen LogP contribution is 2.27. The molecule has 1 N–H and O–H groups in total. The zero-order valence-electron chi connectivity index (χ0n) is 15.8.